The zero-order valence-electron chi connectivity index (χ0n) is 11.2. The Morgan fingerprint density at radius 1 is 1.21 bits per heavy atom. The monoisotopic (exact) mass is 301 g/mol. The van der Waals surface area contributed by atoms with Crippen LogP contribution in [0.3, 0.4) is 0 Å². The maximum Gasteiger partial charge on any atom is 0.277 e. The molecule has 19 heavy (non-hydrogen) atoms. The van der Waals surface area contributed by atoms with Gasteiger partial charge in [-0.3, -0.25) is 9.59 Å². The molecular formula is C11H22ClF2N3O2. The van der Waals surface area contributed by atoms with Gasteiger partial charge in [-0.05, 0) is 13.8 Å². The van der Waals surface area contributed by atoms with Crippen molar-refractivity contribution in [2.24, 2.45) is 5.73 Å². The Balaban J connectivity index is 0. The minimum Gasteiger partial charge on any atom is -0.350 e. The van der Waals surface area contributed by atoms with E-state index in [-0.39, 0.29) is 31.2 Å². The van der Waals surface area contributed by atoms with E-state index in [1.165, 1.54) is 0 Å². The van der Waals surface area contributed by atoms with Crippen LogP contribution in [-0.4, -0.2) is 48.8 Å². The Hall–Kier alpha value is -0.950. The first-order valence-electron chi connectivity index (χ1n) is 5.98. The molecule has 2 amide bonds. The minimum atomic E-state index is -3.10. The van der Waals surface area contributed by atoms with Gasteiger partial charge >= 0.3 is 0 Å². The summed E-state index contributed by atoms with van der Waals surface area (Å²) >= 11 is 0. The van der Waals surface area contributed by atoms with Crippen LogP contribution in [-0.2, 0) is 9.59 Å². The number of hydrogen-bond acceptors (Lipinski definition) is 3. The van der Waals surface area contributed by atoms with Gasteiger partial charge in [-0.25, -0.2) is 8.78 Å². The van der Waals surface area contributed by atoms with Gasteiger partial charge in [-0.1, -0.05) is 0 Å². The van der Waals surface area contributed by atoms with Gasteiger partial charge in [-0.2, -0.15) is 0 Å². The van der Waals surface area contributed by atoms with Crippen molar-refractivity contribution < 1.29 is 18.4 Å². The molecule has 3 N–H and O–H groups in total. The highest BCUT2D eigenvalue weighted by atomic mass is 35.5. The zero-order valence-corrected chi connectivity index (χ0v) is 12.1. The predicted octanol–water partition coefficient (Wildman–Crippen LogP) is 0.767. The number of alkyl halides is 2. The molecule has 0 fully saturated rings. The van der Waals surface area contributed by atoms with Crippen molar-refractivity contribution in [3.05, 3.63) is 0 Å². The summed E-state index contributed by atoms with van der Waals surface area (Å²) in [7, 11) is 0. The molecule has 0 radical (unpaired) electrons. The molecule has 0 aromatic heterocycles. The van der Waals surface area contributed by atoms with Gasteiger partial charge in [0.05, 0.1) is 13.1 Å². The van der Waals surface area contributed by atoms with E-state index in [0.717, 1.165) is 0 Å². The highest BCUT2D eigenvalue weighted by molar-refractivity contribution is 5.85. The van der Waals surface area contributed by atoms with E-state index in [1.54, 1.807) is 4.90 Å². The largest absolute Gasteiger partial charge is 0.350 e. The van der Waals surface area contributed by atoms with Crippen molar-refractivity contribution in [2.75, 3.05) is 26.2 Å². The van der Waals surface area contributed by atoms with Gasteiger partial charge in [-0.15, -0.1) is 12.4 Å². The molecule has 114 valence electrons. The topological polar surface area (TPSA) is 75.4 Å². The first-order chi connectivity index (χ1) is 8.36. The summed E-state index contributed by atoms with van der Waals surface area (Å²) in [4.78, 5) is 24.4. The van der Waals surface area contributed by atoms with Gasteiger partial charge in [0.2, 0.25) is 11.8 Å². The Morgan fingerprint density at radius 2 is 1.74 bits per heavy atom. The average molecular weight is 302 g/mol. The van der Waals surface area contributed by atoms with Crippen molar-refractivity contribution in [2.45, 2.75) is 32.6 Å². The number of nitrogens with one attached hydrogen (secondary N) is 1. The number of amides is 2. The smallest absolute Gasteiger partial charge is 0.277 e. The van der Waals surface area contributed by atoms with Crippen LogP contribution in [0.25, 0.3) is 0 Å². The molecule has 0 aliphatic carbocycles. The first kappa shape index (κ1) is 20.4. The maximum atomic E-state index is 12.7. The fourth-order valence-electron chi connectivity index (χ4n) is 1.34. The fraction of sp³-hybridized carbons (Fsp3) is 0.818. The number of nitrogens with zero attached hydrogens (tertiary/aromatic N) is 1. The van der Waals surface area contributed by atoms with Crippen molar-refractivity contribution in [3.8, 4) is 0 Å². The van der Waals surface area contributed by atoms with E-state index in [0.29, 0.717) is 13.1 Å². The first-order valence-corrected chi connectivity index (χ1v) is 5.98. The molecule has 0 saturated carbocycles. The third-order valence-electron chi connectivity index (χ3n) is 2.52. The van der Waals surface area contributed by atoms with Crippen LogP contribution in [0.5, 0.6) is 0 Å². The predicted molar refractivity (Wildman–Crippen MR) is 71.4 cm³/mol. The van der Waals surface area contributed by atoms with Gasteiger partial charge < -0.3 is 16.0 Å². The molecule has 5 nitrogen and oxygen atoms in total. The second kappa shape index (κ2) is 9.91. The Kier molecular flexibility index (Phi) is 10.6. The Bertz CT molecular complexity index is 287. The van der Waals surface area contributed by atoms with Crippen LogP contribution in [0.2, 0.25) is 0 Å². The Morgan fingerprint density at radius 3 is 2.16 bits per heavy atom. The van der Waals surface area contributed by atoms with Gasteiger partial charge in [0.25, 0.3) is 5.92 Å². The van der Waals surface area contributed by atoms with E-state index < -0.39 is 24.9 Å². The van der Waals surface area contributed by atoms with E-state index in [9.17, 15) is 18.4 Å². The second-order valence-electron chi connectivity index (χ2n) is 3.90. The number of carbonyl (C=O) groups excluding carboxylic acids is 2. The summed E-state index contributed by atoms with van der Waals surface area (Å²) in [5, 5.41) is 2.06. The lowest BCUT2D eigenvalue weighted by atomic mass is 10.2. The number of nitrogens with two attached hydrogens (primary N) is 1. The zero-order chi connectivity index (χ0) is 14.2. The van der Waals surface area contributed by atoms with Gasteiger partial charge in [0, 0.05) is 25.9 Å². The average Bonchev–Trinajstić information content (AvgIpc) is 2.35. The van der Waals surface area contributed by atoms with Crippen LogP contribution in [0, 0.1) is 0 Å². The molecule has 8 heteroatoms. The second-order valence-corrected chi connectivity index (χ2v) is 3.90. The molecule has 0 aliphatic rings. The maximum absolute atomic E-state index is 12.7. The van der Waals surface area contributed by atoms with Crippen LogP contribution < -0.4 is 11.1 Å². The molecule has 0 aromatic carbocycles. The summed E-state index contributed by atoms with van der Waals surface area (Å²) in [6.07, 6.45) is -0.0578. The van der Waals surface area contributed by atoms with Crippen molar-refractivity contribution in [1.82, 2.24) is 10.2 Å². The highest BCUT2D eigenvalue weighted by Crippen LogP contribution is 2.08. The molecule has 0 unspecified atom stereocenters. The third kappa shape index (κ3) is 8.72. The molecule has 0 aromatic rings. The third-order valence-corrected chi connectivity index (χ3v) is 2.52. The highest BCUT2D eigenvalue weighted by Gasteiger charge is 2.27. The lowest BCUT2D eigenvalue weighted by Crippen LogP contribution is -2.41. The van der Waals surface area contributed by atoms with Crippen LogP contribution in [0.1, 0.15) is 26.7 Å². The molecule has 0 atom stereocenters. The van der Waals surface area contributed by atoms with Crippen molar-refractivity contribution in [1.29, 1.82) is 0 Å². The quantitative estimate of drug-likeness (QED) is 0.695. The lowest BCUT2D eigenvalue weighted by molar-refractivity contribution is -0.133. The van der Waals surface area contributed by atoms with Crippen LogP contribution >= 0.6 is 12.4 Å². The van der Waals surface area contributed by atoms with Crippen molar-refractivity contribution >= 4 is 24.2 Å². The van der Waals surface area contributed by atoms with E-state index in [2.05, 4.69) is 5.32 Å². The van der Waals surface area contributed by atoms with Crippen molar-refractivity contribution in [3.63, 3.8) is 0 Å². The number of hydrogen-bond donors (Lipinski definition) is 2. The standard InChI is InChI=1S/C11H21F2N3O2.ClH/c1-3-16(4-2)10(18)6-5-9(17)15-8-11(12,13)7-14;/h3-8,14H2,1-2H3,(H,15,17);1H. The number of rotatable bonds is 8. The van der Waals surface area contributed by atoms with E-state index >= 15 is 0 Å². The van der Waals surface area contributed by atoms with Crippen LogP contribution in [0.4, 0.5) is 8.78 Å². The molecule has 0 saturated heterocycles. The fourth-order valence-corrected chi connectivity index (χ4v) is 1.34. The summed E-state index contributed by atoms with van der Waals surface area (Å²) < 4.78 is 25.5. The van der Waals surface area contributed by atoms with Gasteiger partial charge in [0.15, 0.2) is 0 Å². The van der Waals surface area contributed by atoms with Crippen LogP contribution in [0.15, 0.2) is 0 Å². The molecule has 0 bridgehead atoms. The minimum absolute atomic E-state index is 0. The molecule has 0 rings (SSSR count). The number of carbonyl (C=O) groups is 2. The summed E-state index contributed by atoms with van der Waals surface area (Å²) in [5.41, 5.74) is 4.83. The van der Waals surface area contributed by atoms with Gasteiger partial charge in [0.1, 0.15) is 0 Å². The SMILES string of the molecule is CCN(CC)C(=O)CCC(=O)NCC(F)(F)CN.Cl. The molecule has 0 heterocycles. The summed E-state index contributed by atoms with van der Waals surface area (Å²) in [6.45, 7) is 3.21. The Labute approximate surface area is 118 Å². The molecule has 0 aliphatic heterocycles. The number of halogens is 3. The summed E-state index contributed by atoms with van der Waals surface area (Å²) in [5.74, 6) is -3.82. The van der Waals surface area contributed by atoms with E-state index in [4.69, 9.17) is 5.73 Å². The van der Waals surface area contributed by atoms with E-state index in [1.807, 2.05) is 13.8 Å². The normalized spacial score (nSPS) is 10.6. The molecule has 0 spiro atoms. The lowest BCUT2D eigenvalue weighted by Gasteiger charge is -2.18. The molecular weight excluding hydrogens is 280 g/mol. The summed E-state index contributed by atoms with van der Waals surface area (Å²) in [6, 6.07) is 0.